The molecule has 2 aromatic heterocycles. The Morgan fingerprint density at radius 1 is 1.03 bits per heavy atom. The van der Waals surface area contributed by atoms with E-state index in [9.17, 15) is 13.2 Å². The number of hydrogen-bond acceptors (Lipinski definition) is 4. The Hall–Kier alpha value is -3.36. The summed E-state index contributed by atoms with van der Waals surface area (Å²) in [4.78, 5) is 15.7. The summed E-state index contributed by atoms with van der Waals surface area (Å²) in [6, 6.07) is 17.3. The Morgan fingerprint density at radius 3 is 2.73 bits per heavy atom. The molecule has 0 atom stereocenters. The average molecular weight is 423 g/mol. The average Bonchev–Trinajstić information content (AvgIpc) is 3.43. The number of carbonyl (C=O) groups is 1. The normalized spacial score (nSPS) is 11.6. The number of amides is 1. The number of para-hydroxylation sites is 1. The quantitative estimate of drug-likeness (QED) is 0.405. The molecule has 0 saturated heterocycles. The van der Waals surface area contributed by atoms with Crippen LogP contribution < -0.4 is 10.0 Å². The number of nitrogens with one attached hydrogen (secondary N) is 3. The molecule has 0 bridgehead atoms. The zero-order chi connectivity index (χ0) is 21.0. The molecule has 3 N–H and O–H groups in total. The van der Waals surface area contributed by atoms with Crippen LogP contribution in [0.3, 0.4) is 0 Å². The molecule has 2 aromatic carbocycles. The Morgan fingerprint density at radius 2 is 1.90 bits per heavy atom. The molecule has 0 spiro atoms. The Labute approximate surface area is 174 Å². The lowest BCUT2D eigenvalue weighted by Crippen LogP contribution is -2.27. The third-order valence-corrected chi connectivity index (χ3v) is 6.18. The van der Waals surface area contributed by atoms with Gasteiger partial charge in [0.25, 0.3) is 5.91 Å². The summed E-state index contributed by atoms with van der Waals surface area (Å²) in [5.41, 5.74) is 2.46. The van der Waals surface area contributed by atoms with Gasteiger partial charge in [-0.25, -0.2) is 13.1 Å². The van der Waals surface area contributed by atoms with Gasteiger partial charge >= 0.3 is 0 Å². The van der Waals surface area contributed by atoms with Crippen LogP contribution in [-0.2, 0) is 23.0 Å². The largest absolute Gasteiger partial charge is 0.468 e. The Bertz CT molecular complexity index is 1260. The van der Waals surface area contributed by atoms with Crippen molar-refractivity contribution in [2.45, 2.75) is 17.9 Å². The second-order valence-corrected chi connectivity index (χ2v) is 8.56. The number of H-pyrrole nitrogens is 1. The predicted octanol–water partition coefficient (Wildman–Crippen LogP) is 3.21. The van der Waals surface area contributed by atoms with Gasteiger partial charge in [0, 0.05) is 29.2 Å². The number of rotatable bonds is 8. The molecule has 0 aliphatic rings. The van der Waals surface area contributed by atoms with E-state index in [-0.39, 0.29) is 22.9 Å². The molecule has 1 amide bonds. The predicted molar refractivity (Wildman–Crippen MR) is 114 cm³/mol. The SMILES string of the molecule is O=C(NCCc1c[nH]c2ccccc12)c1cccc(S(=O)(=O)NCc2ccco2)c1. The van der Waals surface area contributed by atoms with Crippen LogP contribution in [-0.4, -0.2) is 25.9 Å². The van der Waals surface area contributed by atoms with Gasteiger partial charge in [0.05, 0.1) is 17.7 Å². The van der Waals surface area contributed by atoms with Crippen molar-refractivity contribution in [1.29, 1.82) is 0 Å². The van der Waals surface area contributed by atoms with E-state index < -0.39 is 10.0 Å². The van der Waals surface area contributed by atoms with Gasteiger partial charge in [-0.15, -0.1) is 0 Å². The van der Waals surface area contributed by atoms with E-state index in [0.29, 0.717) is 18.7 Å². The van der Waals surface area contributed by atoms with Gasteiger partial charge in [-0.05, 0) is 48.4 Å². The molecule has 30 heavy (non-hydrogen) atoms. The number of fused-ring (bicyclic) bond motifs is 1. The van der Waals surface area contributed by atoms with Crippen LogP contribution in [0.25, 0.3) is 10.9 Å². The van der Waals surface area contributed by atoms with Crippen molar-refractivity contribution in [3.63, 3.8) is 0 Å². The minimum Gasteiger partial charge on any atom is -0.468 e. The zero-order valence-electron chi connectivity index (χ0n) is 16.1. The van der Waals surface area contributed by atoms with Crippen molar-refractivity contribution in [3.8, 4) is 0 Å². The number of furan rings is 1. The maximum absolute atomic E-state index is 12.5. The highest BCUT2D eigenvalue weighted by Crippen LogP contribution is 2.18. The first-order chi connectivity index (χ1) is 14.5. The lowest BCUT2D eigenvalue weighted by Gasteiger charge is -2.08. The van der Waals surface area contributed by atoms with E-state index >= 15 is 0 Å². The second-order valence-electron chi connectivity index (χ2n) is 6.80. The van der Waals surface area contributed by atoms with E-state index in [2.05, 4.69) is 15.0 Å². The molecule has 154 valence electrons. The molecule has 0 radical (unpaired) electrons. The fourth-order valence-electron chi connectivity index (χ4n) is 3.22. The van der Waals surface area contributed by atoms with E-state index in [0.717, 1.165) is 16.5 Å². The molecule has 0 fully saturated rings. The summed E-state index contributed by atoms with van der Waals surface area (Å²) in [5.74, 6) is 0.183. The third kappa shape index (κ3) is 4.45. The van der Waals surface area contributed by atoms with Gasteiger partial charge in [-0.1, -0.05) is 24.3 Å². The molecule has 2 heterocycles. The maximum Gasteiger partial charge on any atom is 0.251 e. The van der Waals surface area contributed by atoms with Gasteiger partial charge in [-0.2, -0.15) is 0 Å². The van der Waals surface area contributed by atoms with E-state index in [1.165, 1.54) is 18.4 Å². The van der Waals surface area contributed by atoms with Crippen molar-refractivity contribution in [1.82, 2.24) is 15.0 Å². The highest BCUT2D eigenvalue weighted by molar-refractivity contribution is 7.89. The number of hydrogen-bond donors (Lipinski definition) is 3. The van der Waals surface area contributed by atoms with Gasteiger partial charge in [0.15, 0.2) is 0 Å². The number of carbonyl (C=O) groups excluding carboxylic acids is 1. The molecule has 0 aliphatic carbocycles. The molecule has 0 aliphatic heterocycles. The zero-order valence-corrected chi connectivity index (χ0v) is 16.9. The summed E-state index contributed by atoms with van der Waals surface area (Å²) in [5, 5.41) is 3.98. The molecular weight excluding hydrogens is 402 g/mol. The number of aromatic nitrogens is 1. The summed E-state index contributed by atoms with van der Waals surface area (Å²) in [6.07, 6.45) is 4.08. The third-order valence-electron chi connectivity index (χ3n) is 4.78. The molecule has 8 heteroatoms. The summed E-state index contributed by atoms with van der Waals surface area (Å²) in [6.45, 7) is 0.477. The monoisotopic (exact) mass is 423 g/mol. The number of aromatic amines is 1. The molecule has 0 unspecified atom stereocenters. The first kappa shape index (κ1) is 19.9. The summed E-state index contributed by atoms with van der Waals surface area (Å²) < 4.78 is 32.6. The van der Waals surface area contributed by atoms with Gasteiger partial charge in [-0.3, -0.25) is 4.79 Å². The minimum absolute atomic E-state index is 0.0262. The fourth-order valence-corrected chi connectivity index (χ4v) is 4.26. The topological polar surface area (TPSA) is 104 Å². The van der Waals surface area contributed by atoms with Crippen molar-refractivity contribution in [2.75, 3.05) is 6.54 Å². The standard InChI is InChI=1S/C22H21N3O4S/c26-22(23-11-10-17-14-24-21-9-2-1-8-20(17)21)16-5-3-7-19(13-16)30(27,28)25-15-18-6-4-12-29-18/h1-9,12-14,24-25H,10-11,15H2,(H,23,26). The van der Waals surface area contributed by atoms with Crippen molar-refractivity contribution < 1.29 is 17.6 Å². The molecule has 7 nitrogen and oxygen atoms in total. The van der Waals surface area contributed by atoms with Gasteiger partial charge < -0.3 is 14.7 Å². The van der Waals surface area contributed by atoms with Gasteiger partial charge in [0.2, 0.25) is 10.0 Å². The first-order valence-electron chi connectivity index (χ1n) is 9.48. The van der Waals surface area contributed by atoms with Crippen LogP contribution in [0, 0.1) is 0 Å². The lowest BCUT2D eigenvalue weighted by atomic mass is 10.1. The van der Waals surface area contributed by atoms with Crippen LogP contribution >= 0.6 is 0 Å². The van der Waals surface area contributed by atoms with Crippen molar-refractivity contribution >= 4 is 26.8 Å². The van der Waals surface area contributed by atoms with Crippen molar-refractivity contribution in [3.05, 3.63) is 90.0 Å². The van der Waals surface area contributed by atoms with Gasteiger partial charge in [0.1, 0.15) is 5.76 Å². The Balaban J connectivity index is 1.38. The summed E-state index contributed by atoms with van der Waals surface area (Å²) >= 11 is 0. The number of sulfonamides is 1. The van der Waals surface area contributed by atoms with Crippen LogP contribution in [0.5, 0.6) is 0 Å². The molecule has 4 rings (SSSR count). The van der Waals surface area contributed by atoms with E-state index in [1.807, 2.05) is 30.5 Å². The van der Waals surface area contributed by atoms with Crippen LogP contribution in [0.15, 0.2) is 82.4 Å². The highest BCUT2D eigenvalue weighted by atomic mass is 32.2. The van der Waals surface area contributed by atoms with Crippen LogP contribution in [0.1, 0.15) is 21.7 Å². The Kier molecular flexibility index (Phi) is 5.69. The van der Waals surface area contributed by atoms with E-state index in [1.54, 1.807) is 24.3 Å². The lowest BCUT2D eigenvalue weighted by molar-refractivity contribution is 0.0954. The minimum atomic E-state index is -3.77. The molecule has 0 saturated carbocycles. The summed E-state index contributed by atoms with van der Waals surface area (Å²) in [7, 11) is -3.77. The molecule has 4 aromatic rings. The van der Waals surface area contributed by atoms with Crippen molar-refractivity contribution in [2.24, 2.45) is 0 Å². The highest BCUT2D eigenvalue weighted by Gasteiger charge is 2.16. The van der Waals surface area contributed by atoms with E-state index in [4.69, 9.17) is 4.42 Å². The second kappa shape index (κ2) is 8.56. The van der Waals surface area contributed by atoms with Crippen LogP contribution in [0.4, 0.5) is 0 Å². The maximum atomic E-state index is 12.5. The number of benzene rings is 2. The van der Waals surface area contributed by atoms with Crippen LogP contribution in [0.2, 0.25) is 0 Å². The first-order valence-corrected chi connectivity index (χ1v) is 11.0. The smallest absolute Gasteiger partial charge is 0.251 e. The molecular formula is C22H21N3O4S. The fraction of sp³-hybridized carbons (Fsp3) is 0.136.